The second-order valence-electron chi connectivity index (χ2n) is 4.65. The smallest absolute Gasteiger partial charge is 0.406 e. The number of alkyl halides is 3. The van der Waals surface area contributed by atoms with Crippen LogP contribution in [0.4, 0.5) is 13.2 Å². The molecule has 1 heterocycles. The Balaban J connectivity index is 1.86. The molecule has 8 heteroatoms. The second kappa shape index (κ2) is 4.20. The van der Waals surface area contributed by atoms with Gasteiger partial charge >= 0.3 is 6.36 Å². The van der Waals surface area contributed by atoms with E-state index in [1.54, 1.807) is 6.07 Å². The van der Waals surface area contributed by atoms with E-state index >= 15 is 0 Å². The molecule has 0 aliphatic heterocycles. The lowest BCUT2D eigenvalue weighted by molar-refractivity contribution is -0.274. The van der Waals surface area contributed by atoms with Gasteiger partial charge in [-0.25, -0.2) is 0 Å². The third kappa shape index (κ3) is 2.60. The molecular weight excluding hydrogens is 275 g/mol. The minimum absolute atomic E-state index is 0.185. The molecule has 2 N–H and O–H groups in total. The topological polar surface area (TPSA) is 74.2 Å². The Morgan fingerprint density at radius 3 is 2.70 bits per heavy atom. The van der Waals surface area contributed by atoms with Crippen molar-refractivity contribution >= 4 is 0 Å². The Kier molecular flexibility index (Phi) is 2.72. The van der Waals surface area contributed by atoms with Crippen molar-refractivity contribution in [2.24, 2.45) is 5.73 Å². The molecule has 0 unspecified atom stereocenters. The largest absolute Gasteiger partial charge is 0.573 e. The van der Waals surface area contributed by atoms with Gasteiger partial charge in [-0.15, -0.1) is 13.2 Å². The van der Waals surface area contributed by atoms with Crippen LogP contribution >= 0.6 is 0 Å². The van der Waals surface area contributed by atoms with E-state index in [0.29, 0.717) is 11.5 Å². The van der Waals surface area contributed by atoms with Crippen molar-refractivity contribution in [2.45, 2.75) is 24.7 Å². The SMILES string of the molecule is NC1(c2nc(-c3cccc(OC(F)(F)F)c3)no2)CC1. The van der Waals surface area contributed by atoms with Gasteiger partial charge in [-0.05, 0) is 25.0 Å². The maximum atomic E-state index is 12.2. The molecule has 1 aliphatic carbocycles. The van der Waals surface area contributed by atoms with E-state index in [1.165, 1.54) is 18.2 Å². The standard InChI is InChI=1S/C12H10F3N3O2/c13-12(14,15)19-8-3-1-2-7(6-8)9-17-10(20-18-9)11(16)4-5-11/h1-3,6H,4-5,16H2. The van der Waals surface area contributed by atoms with E-state index in [-0.39, 0.29) is 11.6 Å². The Bertz CT molecular complexity index is 635. The summed E-state index contributed by atoms with van der Waals surface area (Å²) >= 11 is 0. The number of aromatic nitrogens is 2. The van der Waals surface area contributed by atoms with Crippen molar-refractivity contribution in [3.63, 3.8) is 0 Å². The van der Waals surface area contributed by atoms with Crippen molar-refractivity contribution in [2.75, 3.05) is 0 Å². The molecule has 1 fully saturated rings. The summed E-state index contributed by atoms with van der Waals surface area (Å²) in [5.74, 6) is 0.147. The Labute approximate surface area is 111 Å². The quantitative estimate of drug-likeness (QED) is 0.938. The van der Waals surface area contributed by atoms with Crippen LogP contribution in [-0.4, -0.2) is 16.5 Å². The number of ether oxygens (including phenoxy) is 1. The van der Waals surface area contributed by atoms with Crippen molar-refractivity contribution in [1.82, 2.24) is 10.1 Å². The van der Waals surface area contributed by atoms with Crippen LogP contribution in [0.25, 0.3) is 11.4 Å². The Hall–Kier alpha value is -2.09. The number of nitrogens with zero attached hydrogens (tertiary/aromatic N) is 2. The molecule has 5 nitrogen and oxygen atoms in total. The summed E-state index contributed by atoms with van der Waals surface area (Å²) in [6, 6.07) is 5.37. The van der Waals surface area contributed by atoms with E-state index < -0.39 is 11.9 Å². The number of hydrogen-bond acceptors (Lipinski definition) is 5. The van der Waals surface area contributed by atoms with Crippen LogP contribution in [0.1, 0.15) is 18.7 Å². The van der Waals surface area contributed by atoms with Gasteiger partial charge in [0.2, 0.25) is 11.7 Å². The highest BCUT2D eigenvalue weighted by molar-refractivity contribution is 5.57. The highest BCUT2D eigenvalue weighted by Gasteiger charge is 2.45. The fourth-order valence-corrected chi connectivity index (χ4v) is 1.72. The molecule has 0 spiro atoms. The predicted molar refractivity (Wildman–Crippen MR) is 61.5 cm³/mol. The molecule has 2 aromatic rings. The zero-order valence-corrected chi connectivity index (χ0v) is 10.1. The van der Waals surface area contributed by atoms with Crippen LogP contribution in [0.15, 0.2) is 28.8 Å². The number of rotatable bonds is 3. The van der Waals surface area contributed by atoms with Gasteiger partial charge in [0, 0.05) is 5.56 Å². The minimum atomic E-state index is -4.74. The van der Waals surface area contributed by atoms with Crippen molar-refractivity contribution in [3.8, 4) is 17.1 Å². The van der Waals surface area contributed by atoms with E-state index in [9.17, 15) is 13.2 Å². The molecule has 1 aromatic carbocycles. The summed E-state index contributed by atoms with van der Waals surface area (Å²) in [6.45, 7) is 0. The molecule has 1 aliphatic rings. The minimum Gasteiger partial charge on any atom is -0.406 e. The fraction of sp³-hybridized carbons (Fsp3) is 0.333. The molecule has 3 rings (SSSR count). The molecule has 0 amide bonds. The van der Waals surface area contributed by atoms with Gasteiger partial charge < -0.3 is 15.0 Å². The van der Waals surface area contributed by atoms with Gasteiger partial charge in [0.15, 0.2) is 0 Å². The van der Waals surface area contributed by atoms with Gasteiger partial charge in [-0.1, -0.05) is 17.3 Å². The average molecular weight is 285 g/mol. The molecule has 0 saturated heterocycles. The first-order valence-corrected chi connectivity index (χ1v) is 5.85. The van der Waals surface area contributed by atoms with E-state index in [4.69, 9.17) is 10.3 Å². The maximum absolute atomic E-state index is 12.2. The zero-order chi connectivity index (χ0) is 14.4. The van der Waals surface area contributed by atoms with Crippen LogP contribution in [-0.2, 0) is 5.54 Å². The van der Waals surface area contributed by atoms with Crippen LogP contribution in [0, 0.1) is 0 Å². The third-order valence-corrected chi connectivity index (χ3v) is 2.97. The summed E-state index contributed by atoms with van der Waals surface area (Å²) < 4.78 is 45.3. The van der Waals surface area contributed by atoms with Crippen molar-refractivity contribution < 1.29 is 22.4 Å². The van der Waals surface area contributed by atoms with Gasteiger partial charge in [0.25, 0.3) is 0 Å². The lowest BCUT2D eigenvalue weighted by Gasteiger charge is -2.08. The molecule has 0 radical (unpaired) electrons. The van der Waals surface area contributed by atoms with Crippen LogP contribution in [0.5, 0.6) is 5.75 Å². The number of benzene rings is 1. The van der Waals surface area contributed by atoms with Crippen LogP contribution in [0.3, 0.4) is 0 Å². The molecule has 0 atom stereocenters. The number of hydrogen-bond donors (Lipinski definition) is 1. The lowest BCUT2D eigenvalue weighted by Crippen LogP contribution is -2.18. The summed E-state index contributed by atoms with van der Waals surface area (Å²) in [4.78, 5) is 4.11. The Morgan fingerprint density at radius 1 is 1.30 bits per heavy atom. The molecule has 0 bridgehead atoms. The summed E-state index contributed by atoms with van der Waals surface area (Å²) in [7, 11) is 0. The monoisotopic (exact) mass is 285 g/mol. The lowest BCUT2D eigenvalue weighted by atomic mass is 10.2. The van der Waals surface area contributed by atoms with Crippen molar-refractivity contribution in [1.29, 1.82) is 0 Å². The van der Waals surface area contributed by atoms with Gasteiger partial charge in [0.05, 0.1) is 5.54 Å². The van der Waals surface area contributed by atoms with Crippen LogP contribution < -0.4 is 10.5 Å². The van der Waals surface area contributed by atoms with Crippen molar-refractivity contribution in [3.05, 3.63) is 30.2 Å². The second-order valence-corrected chi connectivity index (χ2v) is 4.65. The van der Waals surface area contributed by atoms with E-state index in [0.717, 1.165) is 12.8 Å². The van der Waals surface area contributed by atoms with E-state index in [1.807, 2.05) is 0 Å². The molecule has 106 valence electrons. The molecular formula is C12H10F3N3O2. The Morgan fingerprint density at radius 2 is 2.05 bits per heavy atom. The van der Waals surface area contributed by atoms with E-state index in [2.05, 4.69) is 14.9 Å². The number of halogens is 3. The summed E-state index contributed by atoms with van der Waals surface area (Å²) in [5, 5.41) is 3.73. The normalized spacial score (nSPS) is 17.0. The first-order valence-electron chi connectivity index (χ1n) is 5.85. The zero-order valence-electron chi connectivity index (χ0n) is 10.1. The third-order valence-electron chi connectivity index (χ3n) is 2.97. The summed E-state index contributed by atoms with van der Waals surface area (Å²) in [5.41, 5.74) is 5.69. The fourth-order valence-electron chi connectivity index (χ4n) is 1.72. The van der Waals surface area contributed by atoms with Crippen LogP contribution in [0.2, 0.25) is 0 Å². The van der Waals surface area contributed by atoms with Gasteiger partial charge in [-0.3, -0.25) is 0 Å². The first-order chi connectivity index (χ1) is 9.36. The first kappa shape index (κ1) is 12.9. The molecule has 1 aromatic heterocycles. The maximum Gasteiger partial charge on any atom is 0.573 e. The van der Waals surface area contributed by atoms with Gasteiger partial charge in [0.1, 0.15) is 5.75 Å². The highest BCUT2D eigenvalue weighted by atomic mass is 19.4. The summed E-state index contributed by atoms with van der Waals surface area (Å²) in [6.07, 6.45) is -3.23. The van der Waals surface area contributed by atoms with Gasteiger partial charge in [-0.2, -0.15) is 4.98 Å². The average Bonchev–Trinajstić information content (AvgIpc) is 2.92. The number of nitrogens with two attached hydrogens (primary N) is 1. The molecule has 20 heavy (non-hydrogen) atoms. The highest BCUT2D eigenvalue weighted by Crippen LogP contribution is 2.42. The molecule has 1 saturated carbocycles. The predicted octanol–water partition coefficient (Wildman–Crippen LogP) is 2.58.